The fraction of sp³-hybridized carbons (Fsp3) is 0.409. The highest BCUT2D eigenvalue weighted by Crippen LogP contribution is 2.19. The molecule has 1 fully saturated rings. The topological polar surface area (TPSA) is 68.9 Å². The first-order valence-electron chi connectivity index (χ1n) is 9.96. The van der Waals surface area contributed by atoms with E-state index in [-0.39, 0.29) is 22.9 Å². The number of benzene rings is 1. The van der Waals surface area contributed by atoms with Crippen molar-refractivity contribution in [3.8, 4) is 0 Å². The number of hydrogen-bond donors (Lipinski definition) is 1. The Bertz CT molecular complexity index is 1060. The van der Waals surface area contributed by atoms with Crippen LogP contribution in [0.15, 0.2) is 41.3 Å². The molecular weight excluding hydrogens is 352 g/mol. The number of fused-ring (bicyclic) bond motifs is 1. The third-order valence-electron chi connectivity index (χ3n) is 5.60. The summed E-state index contributed by atoms with van der Waals surface area (Å²) in [5.41, 5.74) is 2.45. The highest BCUT2D eigenvalue weighted by Gasteiger charge is 2.23. The molecule has 6 heteroatoms. The van der Waals surface area contributed by atoms with Crippen LogP contribution in [0.25, 0.3) is 11.0 Å². The molecule has 28 heavy (non-hydrogen) atoms. The van der Waals surface area contributed by atoms with Gasteiger partial charge in [-0.2, -0.15) is 5.10 Å². The lowest BCUT2D eigenvalue weighted by Crippen LogP contribution is -2.38. The lowest BCUT2D eigenvalue weighted by Gasteiger charge is -2.23. The van der Waals surface area contributed by atoms with Gasteiger partial charge in [0.1, 0.15) is 11.2 Å². The predicted molar refractivity (Wildman–Crippen MR) is 110 cm³/mol. The van der Waals surface area contributed by atoms with Gasteiger partial charge in [-0.3, -0.25) is 14.3 Å². The molecule has 0 atom stereocenters. The summed E-state index contributed by atoms with van der Waals surface area (Å²) in [6.07, 6.45) is 7.14. The molecule has 4 rings (SSSR count). The molecule has 3 aromatic rings. The summed E-state index contributed by atoms with van der Waals surface area (Å²) in [4.78, 5) is 26.1. The van der Waals surface area contributed by atoms with Crippen molar-refractivity contribution >= 4 is 16.9 Å². The van der Waals surface area contributed by atoms with E-state index in [9.17, 15) is 9.59 Å². The number of pyridine rings is 1. The number of aromatic nitrogens is 3. The Kier molecular flexibility index (Phi) is 5.03. The molecule has 1 aliphatic rings. The van der Waals surface area contributed by atoms with E-state index in [0.29, 0.717) is 17.6 Å². The zero-order valence-corrected chi connectivity index (χ0v) is 16.4. The van der Waals surface area contributed by atoms with Crippen LogP contribution < -0.4 is 10.7 Å². The Balaban J connectivity index is 1.78. The van der Waals surface area contributed by atoms with Gasteiger partial charge >= 0.3 is 0 Å². The first-order chi connectivity index (χ1) is 13.5. The predicted octanol–water partition coefficient (Wildman–Crippen LogP) is 3.15. The number of amides is 1. The molecular formula is C22H26N4O2. The molecule has 146 valence electrons. The summed E-state index contributed by atoms with van der Waals surface area (Å²) in [6.45, 7) is 2.39. The second kappa shape index (κ2) is 7.62. The van der Waals surface area contributed by atoms with Crippen LogP contribution in [0.4, 0.5) is 0 Å². The summed E-state index contributed by atoms with van der Waals surface area (Å²) in [6, 6.07) is 10.2. The molecule has 1 aromatic carbocycles. The first kappa shape index (κ1) is 18.5. The van der Waals surface area contributed by atoms with Crippen molar-refractivity contribution in [1.29, 1.82) is 0 Å². The average molecular weight is 378 g/mol. The number of hydrogen-bond acceptors (Lipinski definition) is 3. The number of nitrogens with zero attached hydrogens (tertiary/aromatic N) is 3. The van der Waals surface area contributed by atoms with E-state index in [2.05, 4.69) is 10.4 Å². The van der Waals surface area contributed by atoms with E-state index in [0.717, 1.165) is 36.9 Å². The lowest BCUT2D eigenvalue weighted by atomic mass is 9.95. The fourth-order valence-electron chi connectivity index (χ4n) is 4.22. The van der Waals surface area contributed by atoms with E-state index in [1.807, 2.05) is 48.9 Å². The molecule has 0 saturated heterocycles. The SMILES string of the molecule is Cc1nn(C)c2c1c(=O)c(C(=O)NC1CCCCC1)cn2Cc1ccccc1. The monoisotopic (exact) mass is 378 g/mol. The van der Waals surface area contributed by atoms with Crippen LogP contribution in [0.5, 0.6) is 0 Å². The van der Waals surface area contributed by atoms with Gasteiger partial charge in [0.25, 0.3) is 5.91 Å². The minimum atomic E-state index is -0.274. The quantitative estimate of drug-likeness (QED) is 0.758. The number of nitrogens with one attached hydrogen (secondary N) is 1. The van der Waals surface area contributed by atoms with Gasteiger partial charge in [0, 0.05) is 25.8 Å². The van der Waals surface area contributed by atoms with E-state index < -0.39 is 0 Å². The van der Waals surface area contributed by atoms with Gasteiger partial charge in [0.05, 0.1) is 11.1 Å². The molecule has 0 spiro atoms. The molecule has 1 saturated carbocycles. The molecule has 1 aliphatic carbocycles. The van der Waals surface area contributed by atoms with Gasteiger partial charge < -0.3 is 9.88 Å². The van der Waals surface area contributed by atoms with Crippen molar-refractivity contribution in [3.63, 3.8) is 0 Å². The van der Waals surface area contributed by atoms with Gasteiger partial charge in [-0.1, -0.05) is 49.6 Å². The van der Waals surface area contributed by atoms with Crippen LogP contribution >= 0.6 is 0 Å². The smallest absolute Gasteiger partial charge is 0.256 e. The Morgan fingerprint density at radius 3 is 2.61 bits per heavy atom. The van der Waals surface area contributed by atoms with Crippen molar-refractivity contribution < 1.29 is 4.79 Å². The van der Waals surface area contributed by atoms with Crippen molar-refractivity contribution in [2.45, 2.75) is 51.6 Å². The fourth-order valence-corrected chi connectivity index (χ4v) is 4.22. The summed E-state index contributed by atoms with van der Waals surface area (Å²) in [5.74, 6) is -0.274. The van der Waals surface area contributed by atoms with Crippen LogP contribution in [0.2, 0.25) is 0 Å². The van der Waals surface area contributed by atoms with Crippen LogP contribution in [0, 0.1) is 6.92 Å². The van der Waals surface area contributed by atoms with Crippen molar-refractivity contribution in [2.75, 3.05) is 0 Å². The lowest BCUT2D eigenvalue weighted by molar-refractivity contribution is 0.0926. The summed E-state index contributed by atoms with van der Waals surface area (Å²) in [7, 11) is 1.83. The van der Waals surface area contributed by atoms with Gasteiger partial charge in [0.2, 0.25) is 5.43 Å². The maximum absolute atomic E-state index is 13.1. The second-order valence-corrected chi connectivity index (χ2v) is 7.70. The van der Waals surface area contributed by atoms with Crippen molar-refractivity contribution in [2.24, 2.45) is 7.05 Å². The number of carbonyl (C=O) groups is 1. The van der Waals surface area contributed by atoms with Gasteiger partial charge in [-0.05, 0) is 25.3 Å². The number of rotatable bonds is 4. The Morgan fingerprint density at radius 2 is 1.89 bits per heavy atom. The molecule has 2 heterocycles. The summed E-state index contributed by atoms with van der Waals surface area (Å²) < 4.78 is 3.68. The van der Waals surface area contributed by atoms with Gasteiger partial charge in [0.15, 0.2) is 0 Å². The number of aryl methyl sites for hydroxylation is 2. The minimum absolute atomic E-state index is 0.161. The molecule has 6 nitrogen and oxygen atoms in total. The standard InChI is InChI=1S/C22H26N4O2/c1-15-19-20(27)18(21(28)23-17-11-7-4-8-12-17)14-26(22(19)25(2)24-15)13-16-9-5-3-6-10-16/h3,5-6,9-10,14,17H,4,7-8,11-13H2,1-2H3,(H,23,28). The Labute approximate surface area is 164 Å². The van der Waals surface area contributed by atoms with E-state index in [1.54, 1.807) is 10.9 Å². The van der Waals surface area contributed by atoms with Crippen LogP contribution in [0.1, 0.15) is 53.7 Å². The molecule has 1 N–H and O–H groups in total. The highest BCUT2D eigenvalue weighted by molar-refractivity contribution is 5.97. The summed E-state index contributed by atoms with van der Waals surface area (Å²) in [5, 5.41) is 8.03. The molecule has 0 radical (unpaired) electrons. The van der Waals surface area contributed by atoms with Crippen molar-refractivity contribution in [1.82, 2.24) is 19.7 Å². The zero-order chi connectivity index (χ0) is 19.7. The molecule has 0 unspecified atom stereocenters. The maximum atomic E-state index is 13.1. The molecule has 1 amide bonds. The zero-order valence-electron chi connectivity index (χ0n) is 16.4. The normalized spacial score (nSPS) is 15.1. The number of carbonyl (C=O) groups excluding carboxylic acids is 1. The maximum Gasteiger partial charge on any atom is 0.256 e. The molecule has 0 bridgehead atoms. The van der Waals surface area contributed by atoms with Gasteiger partial charge in [-0.25, -0.2) is 0 Å². The summed E-state index contributed by atoms with van der Waals surface area (Å²) >= 11 is 0. The van der Waals surface area contributed by atoms with E-state index >= 15 is 0 Å². The Morgan fingerprint density at radius 1 is 1.18 bits per heavy atom. The third kappa shape index (κ3) is 3.46. The van der Waals surface area contributed by atoms with Crippen molar-refractivity contribution in [3.05, 3.63) is 63.6 Å². The van der Waals surface area contributed by atoms with E-state index in [4.69, 9.17) is 0 Å². The second-order valence-electron chi connectivity index (χ2n) is 7.70. The van der Waals surface area contributed by atoms with Crippen LogP contribution in [-0.2, 0) is 13.6 Å². The minimum Gasteiger partial charge on any atom is -0.349 e. The molecule has 2 aromatic heterocycles. The molecule has 0 aliphatic heterocycles. The first-order valence-corrected chi connectivity index (χ1v) is 9.96. The third-order valence-corrected chi connectivity index (χ3v) is 5.60. The van der Waals surface area contributed by atoms with Crippen LogP contribution in [-0.4, -0.2) is 26.3 Å². The average Bonchev–Trinajstić information content (AvgIpc) is 3.00. The Hall–Kier alpha value is -2.89. The largest absolute Gasteiger partial charge is 0.349 e. The van der Waals surface area contributed by atoms with Gasteiger partial charge in [-0.15, -0.1) is 0 Å². The van der Waals surface area contributed by atoms with Crippen LogP contribution in [0.3, 0.4) is 0 Å². The highest BCUT2D eigenvalue weighted by atomic mass is 16.2. The van der Waals surface area contributed by atoms with E-state index in [1.165, 1.54) is 6.42 Å².